The van der Waals surface area contributed by atoms with Crippen molar-refractivity contribution < 1.29 is 9.47 Å². The Labute approximate surface area is 82.6 Å². The Morgan fingerprint density at radius 3 is 1.77 bits per heavy atom. The van der Waals surface area contributed by atoms with Gasteiger partial charge in [-0.05, 0) is 19.8 Å². The summed E-state index contributed by atoms with van der Waals surface area (Å²) in [6.45, 7) is 9.32. The van der Waals surface area contributed by atoms with Crippen molar-refractivity contribution in [2.45, 2.75) is 52.6 Å². The highest BCUT2D eigenvalue weighted by atomic mass is 16.6. The van der Waals surface area contributed by atoms with Crippen molar-refractivity contribution in [3.63, 3.8) is 0 Å². The third-order valence-electron chi connectivity index (χ3n) is 1.78. The topological polar surface area (TPSA) is 21.8 Å². The van der Waals surface area contributed by atoms with Crippen molar-refractivity contribution in [1.29, 1.82) is 0 Å². The van der Waals surface area contributed by atoms with Crippen LogP contribution in [0.15, 0.2) is 0 Å². The molecular formula is C11H24O2. The SMILES string of the molecule is CC1CO1.CCCCOCCCC. The van der Waals surface area contributed by atoms with Gasteiger partial charge in [0.05, 0.1) is 12.7 Å². The number of rotatable bonds is 6. The molecule has 1 unspecified atom stereocenters. The van der Waals surface area contributed by atoms with E-state index in [-0.39, 0.29) is 0 Å². The standard InChI is InChI=1S/C8H18O.C3H6O/c1-3-5-7-9-8-6-4-2;1-3-2-4-3/h3-8H2,1-2H3;3H,2H2,1H3. The van der Waals surface area contributed by atoms with Crippen LogP contribution in [0.3, 0.4) is 0 Å². The zero-order valence-electron chi connectivity index (χ0n) is 9.34. The zero-order chi connectivity index (χ0) is 9.94. The van der Waals surface area contributed by atoms with Crippen LogP contribution < -0.4 is 0 Å². The van der Waals surface area contributed by atoms with Gasteiger partial charge in [0.15, 0.2) is 0 Å². The van der Waals surface area contributed by atoms with Crippen LogP contribution in [0.2, 0.25) is 0 Å². The summed E-state index contributed by atoms with van der Waals surface area (Å²) < 4.78 is 10.0. The fraction of sp³-hybridized carbons (Fsp3) is 1.00. The van der Waals surface area contributed by atoms with Gasteiger partial charge in [0.1, 0.15) is 0 Å². The summed E-state index contributed by atoms with van der Waals surface area (Å²) in [5.74, 6) is 0. The molecular weight excluding hydrogens is 164 g/mol. The molecule has 1 aliphatic rings. The zero-order valence-corrected chi connectivity index (χ0v) is 9.34. The van der Waals surface area contributed by atoms with Crippen molar-refractivity contribution in [3.05, 3.63) is 0 Å². The first-order valence-corrected chi connectivity index (χ1v) is 5.50. The summed E-state index contributed by atoms with van der Waals surface area (Å²) in [5.41, 5.74) is 0. The second kappa shape index (κ2) is 10.0. The highest BCUT2D eigenvalue weighted by molar-refractivity contribution is 4.58. The Balaban J connectivity index is 0.000000293. The van der Waals surface area contributed by atoms with E-state index >= 15 is 0 Å². The highest BCUT2D eigenvalue weighted by Crippen LogP contribution is 2.04. The molecule has 1 rings (SSSR count). The van der Waals surface area contributed by atoms with Crippen molar-refractivity contribution in [2.24, 2.45) is 0 Å². The summed E-state index contributed by atoms with van der Waals surface area (Å²) in [6.07, 6.45) is 5.49. The third kappa shape index (κ3) is 14.7. The Kier molecular flexibility index (Phi) is 9.94. The lowest BCUT2D eigenvalue weighted by molar-refractivity contribution is 0.128. The molecule has 0 bridgehead atoms. The molecule has 2 heteroatoms. The van der Waals surface area contributed by atoms with E-state index < -0.39 is 0 Å². The molecule has 0 aromatic heterocycles. The minimum atomic E-state index is 0.583. The minimum Gasteiger partial charge on any atom is -0.381 e. The summed E-state index contributed by atoms with van der Waals surface area (Å²) in [7, 11) is 0. The van der Waals surface area contributed by atoms with Gasteiger partial charge in [-0.3, -0.25) is 0 Å². The molecule has 1 fully saturated rings. The molecule has 1 heterocycles. The van der Waals surface area contributed by atoms with Crippen molar-refractivity contribution >= 4 is 0 Å². The first kappa shape index (κ1) is 12.9. The van der Waals surface area contributed by atoms with E-state index in [0.717, 1.165) is 19.8 Å². The van der Waals surface area contributed by atoms with Crippen molar-refractivity contribution in [1.82, 2.24) is 0 Å². The summed E-state index contributed by atoms with van der Waals surface area (Å²) in [6, 6.07) is 0. The maximum atomic E-state index is 5.31. The lowest BCUT2D eigenvalue weighted by Gasteiger charge is -1.99. The smallest absolute Gasteiger partial charge is 0.0781 e. The molecule has 0 amide bonds. The molecule has 1 saturated heterocycles. The van der Waals surface area contributed by atoms with Crippen LogP contribution in [-0.4, -0.2) is 25.9 Å². The van der Waals surface area contributed by atoms with Gasteiger partial charge in [0.2, 0.25) is 0 Å². The van der Waals surface area contributed by atoms with Gasteiger partial charge in [0, 0.05) is 13.2 Å². The molecule has 0 aromatic rings. The maximum absolute atomic E-state index is 5.31. The van der Waals surface area contributed by atoms with Crippen LogP contribution >= 0.6 is 0 Å². The first-order valence-electron chi connectivity index (χ1n) is 5.50. The molecule has 0 saturated carbocycles. The Hall–Kier alpha value is -0.0800. The molecule has 1 aliphatic heterocycles. The maximum Gasteiger partial charge on any atom is 0.0781 e. The lowest BCUT2D eigenvalue weighted by atomic mass is 10.3. The quantitative estimate of drug-likeness (QED) is 0.472. The van der Waals surface area contributed by atoms with E-state index in [2.05, 4.69) is 20.8 Å². The normalized spacial score (nSPS) is 19.2. The fourth-order valence-electron chi connectivity index (χ4n) is 0.691. The monoisotopic (exact) mass is 188 g/mol. The molecule has 0 aromatic carbocycles. The van der Waals surface area contributed by atoms with Gasteiger partial charge in [-0.1, -0.05) is 26.7 Å². The van der Waals surface area contributed by atoms with E-state index in [4.69, 9.17) is 9.47 Å². The largest absolute Gasteiger partial charge is 0.381 e. The summed E-state index contributed by atoms with van der Waals surface area (Å²) in [5, 5.41) is 0. The first-order chi connectivity index (χ1) is 6.31. The van der Waals surface area contributed by atoms with E-state index in [1.165, 1.54) is 25.7 Å². The third-order valence-corrected chi connectivity index (χ3v) is 1.78. The molecule has 0 radical (unpaired) electrons. The van der Waals surface area contributed by atoms with Crippen LogP contribution in [0.5, 0.6) is 0 Å². The highest BCUT2D eigenvalue weighted by Gasteiger charge is 2.13. The van der Waals surface area contributed by atoms with Crippen molar-refractivity contribution in [3.8, 4) is 0 Å². The number of unbranched alkanes of at least 4 members (excludes halogenated alkanes) is 2. The lowest BCUT2D eigenvalue weighted by Crippen LogP contribution is -1.95. The van der Waals surface area contributed by atoms with E-state index in [9.17, 15) is 0 Å². The van der Waals surface area contributed by atoms with E-state index in [1.807, 2.05) is 0 Å². The van der Waals surface area contributed by atoms with Crippen LogP contribution in [0.4, 0.5) is 0 Å². The molecule has 80 valence electrons. The van der Waals surface area contributed by atoms with Gasteiger partial charge in [-0.15, -0.1) is 0 Å². The Morgan fingerprint density at radius 2 is 1.54 bits per heavy atom. The van der Waals surface area contributed by atoms with Gasteiger partial charge in [-0.2, -0.15) is 0 Å². The van der Waals surface area contributed by atoms with Gasteiger partial charge in [0.25, 0.3) is 0 Å². The van der Waals surface area contributed by atoms with E-state index in [1.54, 1.807) is 0 Å². The predicted molar refractivity (Wildman–Crippen MR) is 56.0 cm³/mol. The van der Waals surface area contributed by atoms with Crippen LogP contribution in [0.1, 0.15) is 46.5 Å². The van der Waals surface area contributed by atoms with Gasteiger partial charge >= 0.3 is 0 Å². The average molecular weight is 188 g/mol. The average Bonchev–Trinajstić information content (AvgIpc) is 2.89. The number of hydrogen-bond acceptors (Lipinski definition) is 2. The molecule has 1 atom stereocenters. The molecule has 0 aliphatic carbocycles. The predicted octanol–water partition coefficient (Wildman–Crippen LogP) is 3.01. The molecule has 0 spiro atoms. The van der Waals surface area contributed by atoms with Crippen molar-refractivity contribution in [2.75, 3.05) is 19.8 Å². The Morgan fingerprint density at radius 1 is 1.15 bits per heavy atom. The molecule has 2 nitrogen and oxygen atoms in total. The van der Waals surface area contributed by atoms with E-state index in [0.29, 0.717) is 6.10 Å². The molecule has 13 heavy (non-hydrogen) atoms. The Bertz CT molecular complexity index is 84.1. The second-order valence-corrected chi connectivity index (χ2v) is 3.46. The number of epoxide rings is 1. The molecule has 0 N–H and O–H groups in total. The van der Waals surface area contributed by atoms with Crippen LogP contribution in [-0.2, 0) is 9.47 Å². The summed E-state index contributed by atoms with van der Waals surface area (Å²) >= 11 is 0. The minimum absolute atomic E-state index is 0.583. The number of ether oxygens (including phenoxy) is 2. The number of hydrogen-bond donors (Lipinski definition) is 0. The van der Waals surface area contributed by atoms with Gasteiger partial charge in [-0.25, -0.2) is 0 Å². The van der Waals surface area contributed by atoms with Gasteiger partial charge < -0.3 is 9.47 Å². The second-order valence-electron chi connectivity index (χ2n) is 3.46. The fourth-order valence-corrected chi connectivity index (χ4v) is 0.691. The van der Waals surface area contributed by atoms with Crippen LogP contribution in [0.25, 0.3) is 0 Å². The van der Waals surface area contributed by atoms with Crippen LogP contribution in [0, 0.1) is 0 Å². The summed E-state index contributed by atoms with van der Waals surface area (Å²) in [4.78, 5) is 0.